The smallest absolute Gasteiger partial charge is 0.276 e. The van der Waals surface area contributed by atoms with Crippen molar-refractivity contribution in [3.8, 4) is 11.8 Å². The fourth-order valence-corrected chi connectivity index (χ4v) is 2.38. The lowest BCUT2D eigenvalue weighted by molar-refractivity contribution is 0.0758. The fraction of sp³-hybridized carbons (Fsp3) is 0.312. The van der Waals surface area contributed by atoms with Gasteiger partial charge in [-0.25, -0.2) is 13.8 Å². The zero-order valence-electron chi connectivity index (χ0n) is 12.9. The van der Waals surface area contributed by atoms with Crippen LogP contribution in [0.5, 0.6) is 5.75 Å². The molecular formula is C16H13F2N3O4. The van der Waals surface area contributed by atoms with Gasteiger partial charge in [-0.15, -0.1) is 0 Å². The molecule has 0 aliphatic carbocycles. The zero-order valence-corrected chi connectivity index (χ0v) is 12.9. The molecule has 2 heterocycles. The van der Waals surface area contributed by atoms with Crippen LogP contribution in [0.1, 0.15) is 21.9 Å². The summed E-state index contributed by atoms with van der Waals surface area (Å²) >= 11 is 0. The minimum absolute atomic E-state index is 0.0312. The minimum Gasteiger partial charge on any atom is -0.481 e. The van der Waals surface area contributed by atoms with Crippen LogP contribution in [0.4, 0.5) is 8.78 Å². The lowest BCUT2D eigenvalue weighted by Gasteiger charge is -2.12. The first-order valence-electron chi connectivity index (χ1n) is 7.36. The van der Waals surface area contributed by atoms with E-state index in [2.05, 4.69) is 4.98 Å². The molecule has 130 valence electrons. The van der Waals surface area contributed by atoms with Gasteiger partial charge in [-0.2, -0.15) is 5.26 Å². The number of aliphatic hydroxyl groups is 1. The molecule has 0 bridgehead atoms. The first-order valence-corrected chi connectivity index (χ1v) is 7.36. The molecule has 1 saturated heterocycles. The number of β-amino-alcohol motifs (C(OH)–C–C–N with tert-alkyl or cyclic N) is 1. The van der Waals surface area contributed by atoms with Gasteiger partial charge in [-0.05, 0) is 18.2 Å². The quantitative estimate of drug-likeness (QED) is 0.896. The second-order valence-electron chi connectivity index (χ2n) is 5.47. The van der Waals surface area contributed by atoms with E-state index in [1.807, 2.05) is 0 Å². The average molecular weight is 349 g/mol. The van der Waals surface area contributed by atoms with Gasteiger partial charge in [0.15, 0.2) is 23.9 Å². The number of benzene rings is 1. The topological polar surface area (TPSA) is 99.6 Å². The van der Waals surface area contributed by atoms with E-state index in [1.54, 1.807) is 6.07 Å². The molecule has 1 amide bonds. The van der Waals surface area contributed by atoms with Crippen molar-refractivity contribution in [2.24, 2.45) is 0 Å². The highest BCUT2D eigenvalue weighted by Crippen LogP contribution is 2.20. The minimum atomic E-state index is -1.49. The van der Waals surface area contributed by atoms with Gasteiger partial charge >= 0.3 is 0 Å². The maximum atomic E-state index is 13.7. The molecule has 0 radical (unpaired) electrons. The van der Waals surface area contributed by atoms with Crippen LogP contribution in [0, 0.1) is 17.1 Å². The molecule has 7 nitrogen and oxygen atoms in total. The summed E-state index contributed by atoms with van der Waals surface area (Å²) in [6, 6.07) is 5.54. The summed E-state index contributed by atoms with van der Waals surface area (Å²) in [6.45, 7) is -0.561. The predicted molar refractivity (Wildman–Crippen MR) is 78.8 cm³/mol. The van der Waals surface area contributed by atoms with E-state index in [-0.39, 0.29) is 42.6 Å². The van der Waals surface area contributed by atoms with Crippen molar-refractivity contribution < 1.29 is 27.8 Å². The number of ether oxygens (including phenoxy) is 1. The second kappa shape index (κ2) is 6.86. The lowest BCUT2D eigenvalue weighted by atomic mass is 10.2. The Labute approximate surface area is 141 Å². The third kappa shape index (κ3) is 3.59. The highest BCUT2D eigenvalue weighted by Gasteiger charge is 2.35. The summed E-state index contributed by atoms with van der Waals surface area (Å²) in [4.78, 5) is 17.2. The number of carbonyl (C=O) groups excluding carboxylic acids is 1. The molecule has 9 heteroatoms. The maximum Gasteiger partial charge on any atom is 0.276 e. The Hall–Kier alpha value is -2.99. The van der Waals surface area contributed by atoms with Crippen LogP contribution in [0.3, 0.4) is 0 Å². The Kier molecular flexibility index (Phi) is 4.63. The summed E-state index contributed by atoms with van der Waals surface area (Å²) in [5.74, 6) is -1.34. The molecule has 0 saturated carbocycles. The van der Waals surface area contributed by atoms with Gasteiger partial charge in [0.25, 0.3) is 5.91 Å². The number of likely N-dealkylation sites (tertiary alicyclic amines) is 1. The van der Waals surface area contributed by atoms with Gasteiger partial charge < -0.3 is 19.2 Å². The number of oxazole rings is 1. The molecule has 1 aliphatic heterocycles. The standard InChI is InChI=1S/C16H13F2N3O4/c17-10-3-9(4-19)1-2-14(10)24-8-15-20-12(7-25-15)16(23)21-5-11(18)13(22)6-21/h1-3,7,11,13,22H,5-6,8H2/t11-,13-/m1/s1. The second-order valence-corrected chi connectivity index (χ2v) is 5.47. The molecule has 0 unspecified atom stereocenters. The Morgan fingerprint density at radius 2 is 2.32 bits per heavy atom. The summed E-state index contributed by atoms with van der Waals surface area (Å²) in [5.41, 5.74) is 0.105. The first-order chi connectivity index (χ1) is 12.0. The van der Waals surface area contributed by atoms with Gasteiger partial charge in [0.2, 0.25) is 5.89 Å². The molecule has 1 aromatic carbocycles. The van der Waals surface area contributed by atoms with E-state index >= 15 is 0 Å². The van der Waals surface area contributed by atoms with Crippen LogP contribution in [0.2, 0.25) is 0 Å². The predicted octanol–water partition coefficient (Wildman–Crippen LogP) is 1.42. The zero-order chi connectivity index (χ0) is 18.0. The number of carbonyl (C=O) groups is 1. The van der Waals surface area contributed by atoms with E-state index in [0.29, 0.717) is 0 Å². The first kappa shape index (κ1) is 16.9. The average Bonchev–Trinajstić information content (AvgIpc) is 3.20. The summed E-state index contributed by atoms with van der Waals surface area (Å²) in [7, 11) is 0. The van der Waals surface area contributed by atoms with Crippen LogP contribution >= 0.6 is 0 Å². The largest absolute Gasteiger partial charge is 0.481 e. The highest BCUT2D eigenvalue weighted by atomic mass is 19.1. The summed E-state index contributed by atoms with van der Waals surface area (Å²) < 4.78 is 37.3. The Morgan fingerprint density at radius 3 is 2.96 bits per heavy atom. The maximum absolute atomic E-state index is 13.7. The highest BCUT2D eigenvalue weighted by molar-refractivity contribution is 5.92. The van der Waals surface area contributed by atoms with E-state index in [0.717, 1.165) is 17.2 Å². The normalized spacial score (nSPS) is 19.7. The Balaban J connectivity index is 1.62. The molecule has 25 heavy (non-hydrogen) atoms. The van der Waals surface area contributed by atoms with E-state index in [9.17, 15) is 18.7 Å². The number of alkyl halides is 1. The van der Waals surface area contributed by atoms with E-state index in [1.165, 1.54) is 12.1 Å². The number of nitriles is 1. The van der Waals surface area contributed by atoms with Gasteiger partial charge in [0, 0.05) is 0 Å². The van der Waals surface area contributed by atoms with Gasteiger partial charge in [-0.3, -0.25) is 4.79 Å². The number of rotatable bonds is 4. The number of amides is 1. The van der Waals surface area contributed by atoms with Crippen molar-refractivity contribution in [2.75, 3.05) is 13.1 Å². The van der Waals surface area contributed by atoms with Crippen molar-refractivity contribution in [2.45, 2.75) is 18.9 Å². The van der Waals surface area contributed by atoms with Crippen molar-refractivity contribution in [3.63, 3.8) is 0 Å². The number of nitrogens with zero attached hydrogens (tertiary/aromatic N) is 3. The number of halogens is 2. The number of aliphatic hydroxyl groups excluding tert-OH is 1. The van der Waals surface area contributed by atoms with E-state index < -0.39 is 24.0 Å². The molecule has 0 spiro atoms. The van der Waals surface area contributed by atoms with Crippen LogP contribution in [-0.2, 0) is 6.61 Å². The molecule has 3 rings (SSSR count). The van der Waals surface area contributed by atoms with Crippen molar-refractivity contribution in [3.05, 3.63) is 47.4 Å². The van der Waals surface area contributed by atoms with Crippen molar-refractivity contribution in [1.29, 1.82) is 5.26 Å². The molecule has 2 aromatic rings. The Bertz CT molecular complexity index is 823. The number of aromatic nitrogens is 1. The van der Waals surface area contributed by atoms with Gasteiger partial charge in [0.05, 0.1) is 24.7 Å². The number of hydrogen-bond donors (Lipinski definition) is 1. The molecule has 2 atom stereocenters. The molecule has 1 aliphatic rings. The third-order valence-corrected chi connectivity index (χ3v) is 3.69. The van der Waals surface area contributed by atoms with Crippen LogP contribution in [-0.4, -0.2) is 46.3 Å². The van der Waals surface area contributed by atoms with Gasteiger partial charge in [-0.1, -0.05) is 0 Å². The summed E-state index contributed by atoms with van der Waals surface area (Å²) in [5, 5.41) is 18.0. The van der Waals surface area contributed by atoms with Crippen molar-refractivity contribution >= 4 is 5.91 Å². The van der Waals surface area contributed by atoms with Crippen molar-refractivity contribution in [1.82, 2.24) is 9.88 Å². The molecule has 1 fully saturated rings. The van der Waals surface area contributed by atoms with Crippen LogP contribution in [0.15, 0.2) is 28.9 Å². The third-order valence-electron chi connectivity index (χ3n) is 3.69. The SMILES string of the molecule is N#Cc1ccc(OCc2nc(C(=O)N3C[C@@H](O)[C@H](F)C3)co2)c(F)c1. The summed E-state index contributed by atoms with van der Waals surface area (Å²) in [6.07, 6.45) is -1.61. The molecule has 1 N–H and O–H groups in total. The molecule has 1 aromatic heterocycles. The van der Waals surface area contributed by atoms with Gasteiger partial charge in [0.1, 0.15) is 18.5 Å². The number of hydrogen-bond acceptors (Lipinski definition) is 6. The monoisotopic (exact) mass is 349 g/mol. The van der Waals surface area contributed by atoms with Crippen LogP contribution < -0.4 is 4.74 Å². The fourth-order valence-electron chi connectivity index (χ4n) is 2.38. The molecular weight excluding hydrogens is 336 g/mol. The van der Waals surface area contributed by atoms with E-state index in [4.69, 9.17) is 14.4 Å². The van der Waals surface area contributed by atoms with Crippen LogP contribution in [0.25, 0.3) is 0 Å². The lowest BCUT2D eigenvalue weighted by Crippen LogP contribution is -2.29. The Morgan fingerprint density at radius 1 is 1.52 bits per heavy atom.